The molecule has 0 atom stereocenters. The van der Waals surface area contributed by atoms with Gasteiger partial charge in [-0.25, -0.2) is 0 Å². The highest BCUT2D eigenvalue weighted by Gasteiger charge is 1.24. The molecule has 0 N–H and O–H groups in total. The Morgan fingerprint density at radius 2 is 1.83 bits per heavy atom. The maximum atomic E-state index is 8.81. The molecule has 0 aliphatic rings. The summed E-state index contributed by atoms with van der Waals surface area (Å²) in [6.45, 7) is 4.56. The molecule has 0 rings (SSSR count). The summed E-state index contributed by atoms with van der Waals surface area (Å²) in [6, 6.07) is 0. The minimum Gasteiger partial charge on any atom is -0.304 e. The average Bonchev–Trinajstić information content (AvgIpc) is 1.39. The Labute approximate surface area is 37.9 Å². The number of carbonyl (C=O) groups excluding carboxylic acids is 1. The molecule has 0 unspecified atom stereocenters. The van der Waals surface area contributed by atoms with Crippen LogP contribution < -0.4 is 0 Å². The Morgan fingerprint density at radius 1 is 1.83 bits per heavy atom. The van der Waals surface area contributed by atoms with Crippen molar-refractivity contribution in [3.05, 3.63) is 0 Å². The lowest BCUT2D eigenvalue weighted by atomic mass is 11.0. The van der Waals surface area contributed by atoms with E-state index in [9.17, 15) is 0 Å². The lowest BCUT2D eigenvalue weighted by Gasteiger charge is -1.38. The molecule has 0 aromatic rings. The summed E-state index contributed by atoms with van der Waals surface area (Å²) in [5.74, 6) is 0. The summed E-state index contributed by atoms with van der Waals surface area (Å²) >= 11 is 0. The van der Waals surface area contributed by atoms with Crippen molar-refractivity contribution in [3.63, 3.8) is 0 Å². The van der Waals surface area contributed by atoms with Crippen molar-refractivity contribution in [2.24, 2.45) is 4.99 Å². The van der Waals surface area contributed by atoms with Crippen LogP contribution in [0.15, 0.2) is 4.99 Å². The molecular formula is C4H9NO. The van der Waals surface area contributed by atoms with E-state index >= 15 is 0 Å². The van der Waals surface area contributed by atoms with Crippen molar-refractivity contribution >= 4 is 13.0 Å². The molecule has 0 fully saturated rings. The quantitative estimate of drug-likeness (QED) is 0.313. The van der Waals surface area contributed by atoms with Gasteiger partial charge in [0, 0.05) is 7.05 Å². The molecular weight excluding hydrogens is 78.0 g/mol. The van der Waals surface area contributed by atoms with Crippen molar-refractivity contribution in [1.82, 2.24) is 0 Å². The summed E-state index contributed by atoms with van der Waals surface area (Å²) < 4.78 is 0. The number of nitrogens with zero attached hydrogens (tertiary/aromatic N) is 1. The van der Waals surface area contributed by atoms with Crippen LogP contribution in [0.2, 0.25) is 0 Å². The Morgan fingerprint density at radius 3 is 1.83 bits per heavy atom. The summed E-state index contributed by atoms with van der Waals surface area (Å²) in [4.78, 5) is 12.1. The van der Waals surface area contributed by atoms with Gasteiger partial charge in [-0.3, -0.25) is 0 Å². The summed E-state index contributed by atoms with van der Waals surface area (Å²) in [7, 11) is 1.64. The highest BCUT2D eigenvalue weighted by Crippen LogP contribution is 1.22. The van der Waals surface area contributed by atoms with Gasteiger partial charge in [0.1, 0.15) is 6.29 Å². The monoisotopic (exact) mass is 87.1 g/mol. The highest BCUT2D eigenvalue weighted by molar-refractivity contribution is 5.44. The van der Waals surface area contributed by atoms with Crippen LogP contribution in [0.25, 0.3) is 0 Å². The van der Waals surface area contributed by atoms with Crippen LogP contribution >= 0.6 is 0 Å². The standard InChI is InChI=1S/C2H5N.C2H4O/c1-3-2;1-2-3/h1H2,2H3;2H,1H3. The number of rotatable bonds is 0. The largest absolute Gasteiger partial charge is 0.304 e. The Hall–Kier alpha value is -0.660. The van der Waals surface area contributed by atoms with E-state index in [0.717, 1.165) is 6.29 Å². The van der Waals surface area contributed by atoms with Crippen LogP contribution in [0.5, 0.6) is 0 Å². The summed E-state index contributed by atoms with van der Waals surface area (Å²) in [6.07, 6.45) is 0.750. The van der Waals surface area contributed by atoms with E-state index < -0.39 is 0 Å². The number of carbonyl (C=O) groups is 1. The lowest BCUT2D eigenvalue weighted by Crippen LogP contribution is -1.36. The average molecular weight is 87.1 g/mol. The van der Waals surface area contributed by atoms with Gasteiger partial charge < -0.3 is 9.79 Å². The Kier molecular flexibility index (Phi) is 40.5. The van der Waals surface area contributed by atoms with Gasteiger partial charge in [0.15, 0.2) is 0 Å². The minimum atomic E-state index is 0.750. The number of hydrogen-bond acceptors (Lipinski definition) is 2. The van der Waals surface area contributed by atoms with E-state index in [1.807, 2.05) is 0 Å². The normalized spacial score (nSPS) is 4.33. The van der Waals surface area contributed by atoms with E-state index in [1.165, 1.54) is 6.92 Å². The molecule has 2 heteroatoms. The zero-order valence-corrected chi connectivity index (χ0v) is 4.14. The predicted octanol–water partition coefficient (Wildman–Crippen LogP) is 0.522. The second-order valence-electron chi connectivity index (χ2n) is 0.552. The van der Waals surface area contributed by atoms with E-state index in [-0.39, 0.29) is 0 Å². The van der Waals surface area contributed by atoms with Crippen LogP contribution in [0, 0.1) is 0 Å². The molecule has 36 valence electrons. The molecule has 0 bridgehead atoms. The topological polar surface area (TPSA) is 29.4 Å². The van der Waals surface area contributed by atoms with Gasteiger partial charge in [-0.05, 0) is 13.6 Å². The van der Waals surface area contributed by atoms with Gasteiger partial charge >= 0.3 is 0 Å². The van der Waals surface area contributed by atoms with Crippen LogP contribution in [0.1, 0.15) is 6.92 Å². The lowest BCUT2D eigenvalue weighted by molar-refractivity contribution is -0.106. The fourth-order valence-electron chi connectivity index (χ4n) is 0. The second-order valence-corrected chi connectivity index (χ2v) is 0.552. The summed E-state index contributed by atoms with van der Waals surface area (Å²) in [5, 5.41) is 0. The molecule has 0 amide bonds. The van der Waals surface area contributed by atoms with Gasteiger partial charge in [0.2, 0.25) is 0 Å². The third kappa shape index (κ3) is 42.0. The SMILES string of the molecule is C=NC.CC=O. The van der Waals surface area contributed by atoms with Gasteiger partial charge in [0.05, 0.1) is 0 Å². The van der Waals surface area contributed by atoms with Crippen LogP contribution in [0.3, 0.4) is 0 Å². The van der Waals surface area contributed by atoms with Crippen LogP contribution in [-0.4, -0.2) is 20.1 Å². The molecule has 0 saturated heterocycles. The first-order valence-corrected chi connectivity index (χ1v) is 1.58. The van der Waals surface area contributed by atoms with E-state index in [4.69, 9.17) is 4.79 Å². The molecule has 0 aromatic carbocycles. The predicted molar refractivity (Wildman–Crippen MR) is 27.2 cm³/mol. The van der Waals surface area contributed by atoms with E-state index in [0.29, 0.717) is 0 Å². The van der Waals surface area contributed by atoms with E-state index in [2.05, 4.69) is 11.7 Å². The fourth-order valence-corrected chi connectivity index (χ4v) is 0. The Bertz CT molecular complexity index is 28.5. The molecule has 6 heavy (non-hydrogen) atoms. The first-order chi connectivity index (χ1) is 2.83. The van der Waals surface area contributed by atoms with Crippen LogP contribution in [0.4, 0.5) is 0 Å². The van der Waals surface area contributed by atoms with E-state index in [1.54, 1.807) is 7.05 Å². The van der Waals surface area contributed by atoms with Gasteiger partial charge in [-0.2, -0.15) is 0 Å². The number of hydrogen-bond donors (Lipinski definition) is 0. The molecule has 2 nitrogen and oxygen atoms in total. The molecule has 0 heterocycles. The van der Waals surface area contributed by atoms with Crippen molar-refractivity contribution in [3.8, 4) is 0 Å². The van der Waals surface area contributed by atoms with Gasteiger partial charge in [-0.1, -0.05) is 0 Å². The number of aldehydes is 1. The Balaban J connectivity index is 0. The maximum Gasteiger partial charge on any atom is 0.116 e. The molecule has 0 spiro atoms. The molecule has 0 aliphatic carbocycles. The first kappa shape index (κ1) is 9.02. The minimum absolute atomic E-state index is 0.750. The molecule has 0 radical (unpaired) electrons. The highest BCUT2D eigenvalue weighted by atomic mass is 16.1. The smallest absolute Gasteiger partial charge is 0.116 e. The third-order valence-corrected chi connectivity index (χ3v) is 0. The van der Waals surface area contributed by atoms with Gasteiger partial charge in [0.25, 0.3) is 0 Å². The van der Waals surface area contributed by atoms with Crippen LogP contribution in [-0.2, 0) is 4.79 Å². The summed E-state index contributed by atoms with van der Waals surface area (Å²) in [5.41, 5.74) is 0. The molecule has 0 aromatic heterocycles. The van der Waals surface area contributed by atoms with Crippen molar-refractivity contribution in [1.29, 1.82) is 0 Å². The molecule has 0 saturated carbocycles. The number of aliphatic imine (C=N–C) groups is 1. The van der Waals surface area contributed by atoms with Gasteiger partial charge in [-0.15, -0.1) is 0 Å². The second kappa shape index (κ2) is 27.0. The zero-order chi connectivity index (χ0) is 5.41. The van der Waals surface area contributed by atoms with Crippen molar-refractivity contribution in [2.45, 2.75) is 6.92 Å². The molecule has 0 aliphatic heterocycles. The maximum absolute atomic E-state index is 8.81. The first-order valence-electron chi connectivity index (χ1n) is 1.58. The zero-order valence-electron chi connectivity index (χ0n) is 4.14. The van der Waals surface area contributed by atoms with Crippen molar-refractivity contribution in [2.75, 3.05) is 7.05 Å². The third-order valence-electron chi connectivity index (χ3n) is 0. The van der Waals surface area contributed by atoms with Crippen molar-refractivity contribution < 1.29 is 4.79 Å². The fraction of sp³-hybridized carbons (Fsp3) is 0.500.